The third kappa shape index (κ3) is 0.810. The second kappa shape index (κ2) is 2.01. The van der Waals surface area contributed by atoms with Crippen LogP contribution >= 0.6 is 0 Å². The monoisotopic (exact) mass is 182 g/mol. The predicted octanol–water partition coefficient (Wildman–Crippen LogP) is 2.64. The number of hydrogen-bond acceptors (Lipinski definition) is 2. The Kier molecular flexibility index (Phi) is 1.43. The topological polar surface area (TPSA) is 18.5 Å². The molecule has 0 amide bonds. The maximum absolute atomic E-state index is 5.94. The molecule has 0 N–H and O–H groups in total. The summed E-state index contributed by atoms with van der Waals surface area (Å²) in [4.78, 5) is 0. The van der Waals surface area contributed by atoms with Gasteiger partial charge in [0.1, 0.15) is 11.2 Å². The van der Waals surface area contributed by atoms with E-state index in [-0.39, 0.29) is 11.2 Å². The molecule has 0 spiro atoms. The SMILES string of the molecule is CC1=C(C)C2(C)OC(C)(C)OC12C. The van der Waals surface area contributed by atoms with Crippen LogP contribution in [0.2, 0.25) is 0 Å². The van der Waals surface area contributed by atoms with Crippen LogP contribution in [0.4, 0.5) is 0 Å². The molecule has 0 aromatic carbocycles. The first-order chi connectivity index (χ1) is 5.73. The maximum Gasteiger partial charge on any atom is 0.165 e. The van der Waals surface area contributed by atoms with Crippen molar-refractivity contribution in [2.45, 2.75) is 58.5 Å². The van der Waals surface area contributed by atoms with Gasteiger partial charge in [-0.15, -0.1) is 0 Å². The van der Waals surface area contributed by atoms with E-state index in [1.165, 1.54) is 11.1 Å². The van der Waals surface area contributed by atoms with Crippen LogP contribution in [-0.2, 0) is 9.47 Å². The fraction of sp³-hybridized carbons (Fsp3) is 0.818. The van der Waals surface area contributed by atoms with Crippen molar-refractivity contribution in [1.82, 2.24) is 0 Å². The van der Waals surface area contributed by atoms with Gasteiger partial charge in [-0.3, -0.25) is 0 Å². The quantitative estimate of drug-likeness (QED) is 0.536. The first-order valence-corrected chi connectivity index (χ1v) is 4.82. The van der Waals surface area contributed by atoms with E-state index < -0.39 is 5.79 Å². The predicted molar refractivity (Wildman–Crippen MR) is 51.4 cm³/mol. The van der Waals surface area contributed by atoms with Crippen LogP contribution in [0.25, 0.3) is 0 Å². The average Bonchev–Trinajstić information content (AvgIpc) is 2.15. The number of fused-ring (bicyclic) bond motifs is 1. The number of rotatable bonds is 0. The lowest BCUT2D eigenvalue weighted by Gasteiger charge is -2.49. The zero-order chi connectivity index (χ0) is 10.1. The van der Waals surface area contributed by atoms with Crippen molar-refractivity contribution >= 4 is 0 Å². The van der Waals surface area contributed by atoms with E-state index in [1.54, 1.807) is 0 Å². The van der Waals surface area contributed by atoms with Crippen molar-refractivity contribution in [3.8, 4) is 0 Å². The molecule has 2 heteroatoms. The number of hydrogen-bond donors (Lipinski definition) is 0. The smallest absolute Gasteiger partial charge is 0.165 e. The van der Waals surface area contributed by atoms with Gasteiger partial charge in [0.15, 0.2) is 5.79 Å². The van der Waals surface area contributed by atoms with E-state index in [0.29, 0.717) is 0 Å². The van der Waals surface area contributed by atoms with Crippen LogP contribution < -0.4 is 0 Å². The summed E-state index contributed by atoms with van der Waals surface area (Å²) in [5.74, 6) is -0.456. The Balaban J connectivity index is 2.46. The Labute approximate surface area is 79.9 Å². The highest BCUT2D eigenvalue weighted by atomic mass is 16.8. The second-order valence-electron chi connectivity index (χ2n) is 4.92. The summed E-state index contributed by atoms with van der Waals surface area (Å²) in [6.45, 7) is 12.4. The highest BCUT2D eigenvalue weighted by Gasteiger charge is 2.66. The average molecular weight is 182 g/mol. The van der Waals surface area contributed by atoms with E-state index in [9.17, 15) is 0 Å². The molecule has 74 valence electrons. The van der Waals surface area contributed by atoms with Crippen LogP contribution in [0.5, 0.6) is 0 Å². The summed E-state index contributed by atoms with van der Waals surface area (Å²) in [6, 6.07) is 0. The molecule has 0 bridgehead atoms. The highest BCUT2D eigenvalue weighted by molar-refractivity contribution is 5.47. The molecule has 2 atom stereocenters. The van der Waals surface area contributed by atoms with Gasteiger partial charge >= 0.3 is 0 Å². The van der Waals surface area contributed by atoms with Crippen molar-refractivity contribution < 1.29 is 9.47 Å². The molecule has 2 aliphatic rings. The van der Waals surface area contributed by atoms with Gasteiger partial charge in [-0.2, -0.15) is 0 Å². The zero-order valence-corrected chi connectivity index (χ0v) is 9.32. The molecule has 2 rings (SSSR count). The molecule has 2 nitrogen and oxygen atoms in total. The van der Waals surface area contributed by atoms with Gasteiger partial charge in [-0.25, -0.2) is 0 Å². The lowest BCUT2D eigenvalue weighted by Crippen LogP contribution is -2.57. The van der Waals surface area contributed by atoms with E-state index in [0.717, 1.165) is 0 Å². The molecule has 1 heterocycles. The summed E-state index contributed by atoms with van der Waals surface area (Å²) in [5.41, 5.74) is 2.22. The molecule has 13 heavy (non-hydrogen) atoms. The van der Waals surface area contributed by atoms with Gasteiger partial charge in [0.25, 0.3) is 0 Å². The van der Waals surface area contributed by atoms with Crippen molar-refractivity contribution in [2.24, 2.45) is 0 Å². The van der Waals surface area contributed by atoms with Crippen molar-refractivity contribution in [3.63, 3.8) is 0 Å². The molecule has 1 aliphatic heterocycles. The Hall–Kier alpha value is -0.340. The Morgan fingerprint density at radius 3 is 1.38 bits per heavy atom. The zero-order valence-electron chi connectivity index (χ0n) is 9.32. The summed E-state index contributed by atoms with van der Waals surface area (Å²) in [7, 11) is 0. The van der Waals surface area contributed by atoms with E-state index in [2.05, 4.69) is 27.7 Å². The molecule has 0 aromatic rings. The Bertz CT molecular complexity index is 275. The lowest BCUT2D eigenvalue weighted by atomic mass is 9.63. The molecule has 0 radical (unpaired) electrons. The molecule has 0 aromatic heterocycles. The molecule has 2 unspecified atom stereocenters. The van der Waals surface area contributed by atoms with Gasteiger partial charge in [-0.05, 0) is 52.7 Å². The summed E-state index contributed by atoms with van der Waals surface area (Å²) in [5, 5.41) is 0. The molecular formula is C11H18O2. The van der Waals surface area contributed by atoms with Crippen molar-refractivity contribution in [2.75, 3.05) is 0 Å². The first kappa shape index (κ1) is 9.22. The maximum atomic E-state index is 5.94. The van der Waals surface area contributed by atoms with Crippen LogP contribution in [-0.4, -0.2) is 17.0 Å². The first-order valence-electron chi connectivity index (χ1n) is 4.82. The third-order valence-electron chi connectivity index (χ3n) is 3.80. The standard InChI is InChI=1S/C11H18O2/c1-7-8(2)11(6)10(7,5)12-9(3,4)13-11/h1-6H3. The van der Waals surface area contributed by atoms with E-state index >= 15 is 0 Å². The largest absolute Gasteiger partial charge is 0.337 e. The van der Waals surface area contributed by atoms with Gasteiger partial charge < -0.3 is 9.47 Å². The van der Waals surface area contributed by atoms with Gasteiger partial charge in [0.2, 0.25) is 0 Å². The lowest BCUT2D eigenvalue weighted by molar-refractivity contribution is -0.156. The van der Waals surface area contributed by atoms with Gasteiger partial charge in [0, 0.05) is 0 Å². The highest BCUT2D eigenvalue weighted by Crippen LogP contribution is 2.59. The molecule has 1 fully saturated rings. The molecular weight excluding hydrogens is 164 g/mol. The summed E-state index contributed by atoms with van der Waals surface area (Å²) in [6.07, 6.45) is 0. The Morgan fingerprint density at radius 2 is 1.08 bits per heavy atom. The molecule has 0 saturated carbocycles. The van der Waals surface area contributed by atoms with Crippen LogP contribution in [0.3, 0.4) is 0 Å². The minimum Gasteiger partial charge on any atom is -0.337 e. The molecule has 1 saturated heterocycles. The fourth-order valence-electron chi connectivity index (χ4n) is 2.72. The fourth-order valence-corrected chi connectivity index (χ4v) is 2.72. The minimum absolute atomic E-state index is 0.208. The van der Waals surface area contributed by atoms with Crippen LogP contribution in [0, 0.1) is 0 Å². The summed E-state index contributed by atoms with van der Waals surface area (Å²) < 4.78 is 11.9. The number of ether oxygens (including phenoxy) is 2. The van der Waals surface area contributed by atoms with Crippen molar-refractivity contribution in [3.05, 3.63) is 11.1 Å². The third-order valence-corrected chi connectivity index (χ3v) is 3.80. The van der Waals surface area contributed by atoms with Crippen molar-refractivity contribution in [1.29, 1.82) is 0 Å². The van der Waals surface area contributed by atoms with E-state index in [1.807, 2.05) is 13.8 Å². The molecule has 1 aliphatic carbocycles. The normalized spacial score (nSPS) is 47.5. The van der Waals surface area contributed by atoms with Crippen LogP contribution in [0.1, 0.15) is 41.5 Å². The van der Waals surface area contributed by atoms with Gasteiger partial charge in [0.05, 0.1) is 0 Å². The van der Waals surface area contributed by atoms with Crippen LogP contribution in [0.15, 0.2) is 11.1 Å². The van der Waals surface area contributed by atoms with Gasteiger partial charge in [-0.1, -0.05) is 0 Å². The second-order valence-corrected chi connectivity index (χ2v) is 4.92. The minimum atomic E-state index is -0.456. The Morgan fingerprint density at radius 1 is 0.769 bits per heavy atom. The summed E-state index contributed by atoms with van der Waals surface area (Å²) >= 11 is 0. The van der Waals surface area contributed by atoms with E-state index in [4.69, 9.17) is 9.47 Å².